The first-order valence-electron chi connectivity index (χ1n) is 7.46. The highest BCUT2D eigenvalue weighted by molar-refractivity contribution is 5.87. The van der Waals surface area contributed by atoms with Gasteiger partial charge in [-0.05, 0) is 37.8 Å². The summed E-state index contributed by atoms with van der Waals surface area (Å²) < 4.78 is 0. The molecule has 4 atom stereocenters. The maximum atomic E-state index is 12.3. The molecule has 0 bridgehead atoms. The number of nitrogens with two attached hydrogens (primary N) is 1. The van der Waals surface area contributed by atoms with E-state index >= 15 is 0 Å². The van der Waals surface area contributed by atoms with Gasteiger partial charge in [-0.25, -0.2) is 0 Å². The van der Waals surface area contributed by atoms with Crippen LogP contribution in [-0.2, 0) is 9.59 Å². The Morgan fingerprint density at radius 1 is 1.50 bits per heavy atom. The van der Waals surface area contributed by atoms with E-state index in [0.717, 1.165) is 25.9 Å². The molecule has 0 aromatic heterocycles. The Hall–Kier alpha value is -1.14. The van der Waals surface area contributed by atoms with Gasteiger partial charge in [-0.2, -0.15) is 0 Å². The number of likely N-dealkylation sites (tertiary alicyclic amines) is 1. The van der Waals surface area contributed by atoms with Crippen molar-refractivity contribution in [1.82, 2.24) is 10.2 Å². The number of β-amino-alcohol motifs (C(OH)–C–C–N with tert-alkyl or cyclic N) is 1. The van der Waals surface area contributed by atoms with Gasteiger partial charge in [-0.3, -0.25) is 9.59 Å². The van der Waals surface area contributed by atoms with Crippen molar-refractivity contribution < 1.29 is 14.7 Å². The Bertz CT molecular complexity index is 369. The third-order valence-corrected chi connectivity index (χ3v) is 4.56. The molecule has 0 aliphatic carbocycles. The highest BCUT2D eigenvalue weighted by Gasteiger charge is 2.38. The molecule has 2 heterocycles. The first-order chi connectivity index (χ1) is 9.49. The molecule has 2 amide bonds. The summed E-state index contributed by atoms with van der Waals surface area (Å²) in [6.45, 7) is 4.32. The van der Waals surface area contributed by atoms with E-state index in [1.807, 2.05) is 0 Å². The SMILES string of the molecule is CC(CC(=O)N1CC(O)CC1C(N)=O)C1CCCNC1. The minimum atomic E-state index is -0.644. The van der Waals surface area contributed by atoms with Crippen molar-refractivity contribution in [2.24, 2.45) is 17.6 Å². The molecule has 0 saturated carbocycles. The molecule has 4 N–H and O–H groups in total. The van der Waals surface area contributed by atoms with Crippen LogP contribution in [0.5, 0.6) is 0 Å². The van der Waals surface area contributed by atoms with Crippen LogP contribution in [0.4, 0.5) is 0 Å². The Labute approximate surface area is 119 Å². The monoisotopic (exact) mass is 283 g/mol. The fraction of sp³-hybridized carbons (Fsp3) is 0.857. The van der Waals surface area contributed by atoms with E-state index in [2.05, 4.69) is 12.2 Å². The van der Waals surface area contributed by atoms with Crippen molar-refractivity contribution in [1.29, 1.82) is 0 Å². The van der Waals surface area contributed by atoms with E-state index in [1.165, 1.54) is 4.90 Å². The van der Waals surface area contributed by atoms with Gasteiger partial charge in [0.05, 0.1) is 6.10 Å². The predicted octanol–water partition coefficient (Wildman–Crippen LogP) is -0.541. The molecule has 0 spiro atoms. The molecule has 0 radical (unpaired) electrons. The number of nitrogens with one attached hydrogen (secondary N) is 1. The van der Waals surface area contributed by atoms with E-state index in [0.29, 0.717) is 12.3 Å². The van der Waals surface area contributed by atoms with Crippen molar-refractivity contribution in [2.45, 2.75) is 44.8 Å². The van der Waals surface area contributed by atoms with E-state index in [1.54, 1.807) is 0 Å². The number of aliphatic hydroxyl groups excluding tert-OH is 1. The fourth-order valence-corrected chi connectivity index (χ4v) is 3.28. The molecule has 0 aromatic rings. The zero-order chi connectivity index (χ0) is 14.7. The second-order valence-electron chi connectivity index (χ2n) is 6.14. The summed E-state index contributed by atoms with van der Waals surface area (Å²) in [5.74, 6) is 0.194. The van der Waals surface area contributed by atoms with Crippen LogP contribution in [0.15, 0.2) is 0 Å². The van der Waals surface area contributed by atoms with Gasteiger partial charge >= 0.3 is 0 Å². The lowest BCUT2D eigenvalue weighted by molar-refractivity contribution is -0.138. The van der Waals surface area contributed by atoms with Crippen LogP contribution in [0.25, 0.3) is 0 Å². The number of nitrogens with zero attached hydrogens (tertiary/aromatic N) is 1. The van der Waals surface area contributed by atoms with Gasteiger partial charge in [0.25, 0.3) is 0 Å². The van der Waals surface area contributed by atoms with Crippen LogP contribution in [0.1, 0.15) is 32.6 Å². The normalized spacial score (nSPS) is 32.1. The second kappa shape index (κ2) is 6.54. The molecule has 6 nitrogen and oxygen atoms in total. The number of primary amides is 1. The number of rotatable bonds is 4. The smallest absolute Gasteiger partial charge is 0.240 e. The number of aliphatic hydroxyl groups is 1. The maximum Gasteiger partial charge on any atom is 0.240 e. The molecule has 2 aliphatic rings. The first kappa shape index (κ1) is 15.3. The van der Waals surface area contributed by atoms with Crippen molar-refractivity contribution in [3.63, 3.8) is 0 Å². The van der Waals surface area contributed by atoms with Crippen LogP contribution < -0.4 is 11.1 Å². The largest absolute Gasteiger partial charge is 0.391 e. The zero-order valence-electron chi connectivity index (χ0n) is 12.0. The maximum absolute atomic E-state index is 12.3. The summed E-state index contributed by atoms with van der Waals surface area (Å²) in [4.78, 5) is 25.2. The van der Waals surface area contributed by atoms with Gasteiger partial charge in [0.2, 0.25) is 11.8 Å². The molecule has 2 aliphatic heterocycles. The molecule has 2 fully saturated rings. The number of carbonyl (C=O) groups excluding carboxylic acids is 2. The van der Waals surface area contributed by atoms with E-state index < -0.39 is 18.1 Å². The topological polar surface area (TPSA) is 95.7 Å². The van der Waals surface area contributed by atoms with Gasteiger partial charge in [0.1, 0.15) is 6.04 Å². The minimum absolute atomic E-state index is 0.0663. The predicted molar refractivity (Wildman–Crippen MR) is 74.7 cm³/mol. The number of carbonyl (C=O) groups is 2. The number of piperidine rings is 1. The third kappa shape index (κ3) is 3.49. The van der Waals surface area contributed by atoms with Gasteiger partial charge < -0.3 is 21.1 Å². The van der Waals surface area contributed by atoms with Gasteiger partial charge in [0, 0.05) is 19.4 Å². The van der Waals surface area contributed by atoms with Crippen LogP contribution in [0, 0.1) is 11.8 Å². The number of hydrogen-bond donors (Lipinski definition) is 3. The standard InChI is InChI=1S/C14H25N3O3/c1-9(10-3-2-4-16-7-10)5-13(19)17-8-11(18)6-12(17)14(15)20/h9-12,16,18H,2-8H2,1H3,(H2,15,20). The van der Waals surface area contributed by atoms with Crippen LogP contribution >= 0.6 is 0 Å². The Balaban J connectivity index is 1.91. The highest BCUT2D eigenvalue weighted by atomic mass is 16.3. The molecule has 114 valence electrons. The van der Waals surface area contributed by atoms with Crippen LogP contribution in [0.2, 0.25) is 0 Å². The highest BCUT2D eigenvalue weighted by Crippen LogP contribution is 2.25. The molecule has 4 unspecified atom stereocenters. The fourth-order valence-electron chi connectivity index (χ4n) is 3.28. The summed E-state index contributed by atoms with van der Waals surface area (Å²) in [5, 5.41) is 13.0. The number of hydrogen-bond acceptors (Lipinski definition) is 4. The van der Waals surface area contributed by atoms with Crippen molar-refractivity contribution >= 4 is 11.8 Å². The van der Waals surface area contributed by atoms with E-state index in [-0.39, 0.29) is 24.8 Å². The van der Waals surface area contributed by atoms with Crippen molar-refractivity contribution in [2.75, 3.05) is 19.6 Å². The van der Waals surface area contributed by atoms with E-state index in [4.69, 9.17) is 5.73 Å². The van der Waals surface area contributed by atoms with Gasteiger partial charge in [-0.1, -0.05) is 6.92 Å². The zero-order valence-corrected chi connectivity index (χ0v) is 12.0. The van der Waals surface area contributed by atoms with Crippen molar-refractivity contribution in [3.8, 4) is 0 Å². The first-order valence-corrected chi connectivity index (χ1v) is 7.46. The minimum Gasteiger partial charge on any atom is -0.391 e. The molecule has 2 rings (SSSR count). The third-order valence-electron chi connectivity index (χ3n) is 4.56. The summed E-state index contributed by atoms with van der Waals surface area (Å²) in [6, 6.07) is -0.644. The average molecular weight is 283 g/mol. The van der Waals surface area contributed by atoms with Gasteiger partial charge in [0.15, 0.2) is 0 Å². The Kier molecular flexibility index (Phi) is 4.99. The molecule has 6 heteroatoms. The quantitative estimate of drug-likeness (QED) is 0.645. The Morgan fingerprint density at radius 3 is 2.85 bits per heavy atom. The Morgan fingerprint density at radius 2 is 2.25 bits per heavy atom. The summed E-state index contributed by atoms with van der Waals surface area (Å²) >= 11 is 0. The lowest BCUT2D eigenvalue weighted by atomic mass is 9.85. The molecular weight excluding hydrogens is 258 g/mol. The van der Waals surface area contributed by atoms with Crippen LogP contribution in [0.3, 0.4) is 0 Å². The second-order valence-corrected chi connectivity index (χ2v) is 6.14. The molecule has 20 heavy (non-hydrogen) atoms. The van der Waals surface area contributed by atoms with Gasteiger partial charge in [-0.15, -0.1) is 0 Å². The molecule has 0 aromatic carbocycles. The summed E-state index contributed by atoms with van der Waals surface area (Å²) in [5.41, 5.74) is 5.31. The summed E-state index contributed by atoms with van der Waals surface area (Å²) in [6.07, 6.45) is 2.34. The molecule has 2 saturated heterocycles. The average Bonchev–Trinajstić information content (AvgIpc) is 2.82. The number of amides is 2. The lowest BCUT2D eigenvalue weighted by Crippen LogP contribution is -2.45. The summed E-state index contributed by atoms with van der Waals surface area (Å²) in [7, 11) is 0. The van der Waals surface area contributed by atoms with Crippen molar-refractivity contribution in [3.05, 3.63) is 0 Å². The lowest BCUT2D eigenvalue weighted by Gasteiger charge is -2.30. The molecular formula is C14H25N3O3. The van der Waals surface area contributed by atoms with E-state index in [9.17, 15) is 14.7 Å². The van der Waals surface area contributed by atoms with Crippen LogP contribution in [-0.4, -0.2) is 53.6 Å².